The molecule has 0 unspecified atom stereocenters. The number of methoxy groups -OCH3 is 1. The van der Waals surface area contributed by atoms with Crippen LogP contribution in [0.5, 0.6) is 0 Å². The van der Waals surface area contributed by atoms with Gasteiger partial charge in [0.05, 0.1) is 19.6 Å². The number of nitrogens with one attached hydrogen (secondary N) is 2. The van der Waals surface area contributed by atoms with Gasteiger partial charge in [-0.3, -0.25) is 29.0 Å². The van der Waals surface area contributed by atoms with E-state index in [1.165, 1.54) is 12.1 Å². The van der Waals surface area contributed by atoms with E-state index in [1.54, 1.807) is 30.3 Å². The van der Waals surface area contributed by atoms with Gasteiger partial charge in [0.1, 0.15) is 18.1 Å². The Morgan fingerprint density at radius 2 is 1.94 bits per heavy atom. The molecule has 0 bridgehead atoms. The molecule has 11 nitrogen and oxygen atoms in total. The fourth-order valence-corrected chi connectivity index (χ4v) is 3.88. The van der Waals surface area contributed by atoms with Crippen LogP contribution in [0, 0.1) is 11.3 Å². The third-order valence-corrected chi connectivity index (χ3v) is 5.58. The van der Waals surface area contributed by atoms with E-state index in [2.05, 4.69) is 15.4 Å². The highest BCUT2D eigenvalue weighted by Crippen LogP contribution is 2.25. The van der Waals surface area contributed by atoms with Crippen molar-refractivity contribution < 1.29 is 28.7 Å². The Kier molecular flexibility index (Phi) is 7.61. The summed E-state index contributed by atoms with van der Waals surface area (Å²) in [5.74, 6) is -2.70. The van der Waals surface area contributed by atoms with Crippen LogP contribution in [0.2, 0.25) is 0 Å². The predicted molar refractivity (Wildman–Crippen MR) is 113 cm³/mol. The molecule has 2 N–H and O–H groups in total. The third kappa shape index (κ3) is 5.46. The van der Waals surface area contributed by atoms with Gasteiger partial charge >= 0.3 is 5.97 Å². The Bertz CT molecular complexity index is 975. The molecule has 0 aromatic heterocycles. The van der Waals surface area contributed by atoms with Crippen LogP contribution in [0.1, 0.15) is 42.5 Å². The fourth-order valence-electron chi connectivity index (χ4n) is 3.88. The Hall–Kier alpha value is -3.94. The van der Waals surface area contributed by atoms with Gasteiger partial charge < -0.3 is 15.4 Å². The molecule has 3 atom stereocenters. The number of hydrogen-bond acceptors (Lipinski definition) is 7. The van der Waals surface area contributed by atoms with E-state index < -0.39 is 41.8 Å². The van der Waals surface area contributed by atoms with Crippen molar-refractivity contribution in [3.63, 3.8) is 0 Å². The van der Waals surface area contributed by atoms with Gasteiger partial charge in [-0.15, -0.1) is 0 Å². The largest absolute Gasteiger partial charge is 0.469 e. The summed E-state index contributed by atoms with van der Waals surface area (Å²) in [5, 5.41) is 16.7. The molecule has 0 spiro atoms. The minimum Gasteiger partial charge on any atom is -0.469 e. The highest BCUT2D eigenvalue weighted by Gasteiger charge is 2.45. The van der Waals surface area contributed by atoms with Gasteiger partial charge in [-0.25, -0.2) is 5.01 Å². The Labute approximate surface area is 190 Å². The molecular formula is C22H25N5O6. The number of rotatable bonds is 6. The van der Waals surface area contributed by atoms with E-state index in [1.807, 2.05) is 6.07 Å². The molecule has 1 aromatic rings. The first-order valence-electron chi connectivity index (χ1n) is 10.6. The Morgan fingerprint density at radius 3 is 2.61 bits per heavy atom. The van der Waals surface area contributed by atoms with Gasteiger partial charge in [0.25, 0.3) is 11.8 Å². The molecule has 1 aromatic carbocycles. The molecule has 4 amide bonds. The maximum absolute atomic E-state index is 13.4. The molecule has 2 aliphatic rings. The summed E-state index contributed by atoms with van der Waals surface area (Å²) >= 11 is 0. The Morgan fingerprint density at radius 1 is 1.21 bits per heavy atom. The normalized spacial score (nSPS) is 21.2. The van der Waals surface area contributed by atoms with Gasteiger partial charge in [0.2, 0.25) is 11.8 Å². The first-order chi connectivity index (χ1) is 15.8. The lowest BCUT2D eigenvalue weighted by Gasteiger charge is -2.43. The summed E-state index contributed by atoms with van der Waals surface area (Å²) in [4.78, 5) is 63.1. The standard InChI is InChI=1S/C22H25N5O6/c1-33-19(29)12-15(13-23)24-21(31)17-8-5-11-26-18(28)10-9-16(22(32)27(17)26)25-20(30)14-6-3-2-4-7-14/h2-4,6-7,15-17H,5,8-12H2,1H3,(H,24,31)(H,25,30)/t15-,16-,17-/m0/s1. The lowest BCUT2D eigenvalue weighted by Crippen LogP contribution is -2.64. The van der Waals surface area contributed by atoms with Crippen LogP contribution in [0.3, 0.4) is 0 Å². The van der Waals surface area contributed by atoms with Crippen molar-refractivity contribution in [3.05, 3.63) is 35.9 Å². The zero-order valence-corrected chi connectivity index (χ0v) is 18.2. The van der Waals surface area contributed by atoms with Crippen LogP contribution in [-0.2, 0) is 23.9 Å². The molecule has 33 heavy (non-hydrogen) atoms. The van der Waals surface area contributed by atoms with Gasteiger partial charge in [0, 0.05) is 18.5 Å². The highest BCUT2D eigenvalue weighted by atomic mass is 16.5. The molecule has 0 saturated carbocycles. The summed E-state index contributed by atoms with van der Waals surface area (Å²) in [6.45, 7) is 0.261. The SMILES string of the molecule is COC(=O)C[C@@H](C#N)NC(=O)[C@@H]1CCCN2C(=O)CC[C@H](NC(=O)c3ccccc3)C(=O)N12. The van der Waals surface area contributed by atoms with E-state index in [0.717, 1.165) is 5.01 Å². The number of carbonyl (C=O) groups excluding carboxylic acids is 5. The van der Waals surface area contributed by atoms with Crippen LogP contribution in [0.4, 0.5) is 0 Å². The second-order valence-electron chi connectivity index (χ2n) is 7.76. The van der Waals surface area contributed by atoms with Crippen molar-refractivity contribution >= 4 is 29.6 Å². The molecule has 0 radical (unpaired) electrons. The number of hydrazine groups is 1. The van der Waals surface area contributed by atoms with Crippen molar-refractivity contribution in [2.45, 2.75) is 50.2 Å². The van der Waals surface area contributed by atoms with Crippen molar-refractivity contribution in [1.29, 1.82) is 5.26 Å². The fraction of sp³-hybridized carbons (Fsp3) is 0.455. The van der Waals surface area contributed by atoms with Gasteiger partial charge in [-0.1, -0.05) is 18.2 Å². The smallest absolute Gasteiger partial charge is 0.308 e. The summed E-state index contributed by atoms with van der Waals surface area (Å²) in [5.41, 5.74) is 0.366. The number of nitrogens with zero attached hydrogens (tertiary/aromatic N) is 3. The van der Waals surface area contributed by atoms with Crippen LogP contribution in [0.15, 0.2) is 30.3 Å². The summed E-state index contributed by atoms with van der Waals surface area (Å²) in [6.07, 6.45) is 0.512. The average Bonchev–Trinajstić information content (AvgIpc) is 2.95. The summed E-state index contributed by atoms with van der Waals surface area (Å²) < 4.78 is 4.53. The Balaban J connectivity index is 1.79. The number of hydrogen-bond donors (Lipinski definition) is 2. The molecule has 2 aliphatic heterocycles. The molecule has 2 saturated heterocycles. The first-order valence-corrected chi connectivity index (χ1v) is 10.6. The number of benzene rings is 1. The first kappa shape index (κ1) is 23.7. The maximum Gasteiger partial charge on any atom is 0.308 e. The predicted octanol–water partition coefficient (Wildman–Crippen LogP) is -0.115. The quantitative estimate of drug-likeness (QED) is 0.568. The van der Waals surface area contributed by atoms with Crippen molar-refractivity contribution in [3.8, 4) is 6.07 Å². The average molecular weight is 455 g/mol. The molecule has 3 rings (SSSR count). The van der Waals surface area contributed by atoms with E-state index in [9.17, 15) is 29.2 Å². The van der Waals surface area contributed by atoms with Crippen LogP contribution >= 0.6 is 0 Å². The van der Waals surface area contributed by atoms with Crippen molar-refractivity contribution in [2.75, 3.05) is 13.7 Å². The molecule has 2 fully saturated rings. The van der Waals surface area contributed by atoms with Crippen molar-refractivity contribution in [1.82, 2.24) is 20.7 Å². The number of amides is 4. The molecular weight excluding hydrogens is 430 g/mol. The van der Waals surface area contributed by atoms with Crippen LogP contribution in [0.25, 0.3) is 0 Å². The zero-order valence-electron chi connectivity index (χ0n) is 18.2. The third-order valence-electron chi connectivity index (χ3n) is 5.58. The number of ether oxygens (including phenoxy) is 1. The minimum absolute atomic E-state index is 0.0273. The van der Waals surface area contributed by atoms with Crippen molar-refractivity contribution in [2.24, 2.45) is 0 Å². The second-order valence-corrected chi connectivity index (χ2v) is 7.76. The summed E-state index contributed by atoms with van der Waals surface area (Å²) in [6, 6.07) is 6.98. The topological polar surface area (TPSA) is 149 Å². The molecule has 0 aliphatic carbocycles. The van der Waals surface area contributed by atoms with Crippen LogP contribution in [-0.4, -0.2) is 71.4 Å². The van der Waals surface area contributed by atoms with Gasteiger partial charge in [-0.2, -0.15) is 5.26 Å². The second kappa shape index (κ2) is 10.6. The number of esters is 1. The number of carbonyl (C=O) groups is 5. The lowest BCUT2D eigenvalue weighted by atomic mass is 10.0. The molecule has 174 valence electrons. The van der Waals surface area contributed by atoms with Crippen LogP contribution < -0.4 is 10.6 Å². The van der Waals surface area contributed by atoms with E-state index in [4.69, 9.17) is 0 Å². The van der Waals surface area contributed by atoms with E-state index >= 15 is 0 Å². The maximum atomic E-state index is 13.4. The summed E-state index contributed by atoms with van der Waals surface area (Å²) in [7, 11) is 1.17. The van der Waals surface area contributed by atoms with E-state index in [0.29, 0.717) is 12.0 Å². The number of nitriles is 1. The lowest BCUT2D eigenvalue weighted by molar-refractivity contribution is -0.176. The molecule has 2 heterocycles. The number of fused-ring (bicyclic) bond motifs is 1. The molecule has 11 heteroatoms. The van der Waals surface area contributed by atoms with E-state index in [-0.39, 0.29) is 38.1 Å². The minimum atomic E-state index is -1.15. The van der Waals surface area contributed by atoms with Gasteiger partial charge in [-0.05, 0) is 31.4 Å². The zero-order chi connectivity index (χ0) is 24.0. The van der Waals surface area contributed by atoms with Gasteiger partial charge in [0.15, 0.2) is 0 Å². The monoisotopic (exact) mass is 455 g/mol. The highest BCUT2D eigenvalue weighted by molar-refractivity contribution is 5.99.